The number of aryl methyl sites for hydroxylation is 1. The van der Waals surface area contributed by atoms with Gasteiger partial charge in [0.25, 0.3) is 0 Å². The van der Waals surface area contributed by atoms with Crippen molar-refractivity contribution in [2.24, 2.45) is 11.7 Å². The summed E-state index contributed by atoms with van der Waals surface area (Å²) >= 11 is 1.42. The SMILES string of the molecule is CCC(CCN)CNc1nc(C)ns1. The van der Waals surface area contributed by atoms with Crippen LogP contribution in [0.5, 0.6) is 0 Å². The molecule has 4 nitrogen and oxygen atoms in total. The van der Waals surface area contributed by atoms with E-state index in [4.69, 9.17) is 5.73 Å². The summed E-state index contributed by atoms with van der Waals surface area (Å²) < 4.78 is 4.11. The third-order valence-electron chi connectivity index (χ3n) is 2.22. The summed E-state index contributed by atoms with van der Waals surface area (Å²) in [6, 6.07) is 0. The summed E-state index contributed by atoms with van der Waals surface area (Å²) in [7, 11) is 0. The first-order chi connectivity index (χ1) is 6.76. The van der Waals surface area contributed by atoms with Crippen LogP contribution in [-0.4, -0.2) is 22.4 Å². The quantitative estimate of drug-likeness (QED) is 0.755. The van der Waals surface area contributed by atoms with Gasteiger partial charge in [-0.25, -0.2) is 4.98 Å². The number of nitrogens with two attached hydrogens (primary N) is 1. The first-order valence-corrected chi connectivity index (χ1v) is 5.77. The molecule has 0 bridgehead atoms. The summed E-state index contributed by atoms with van der Waals surface area (Å²) in [6.45, 7) is 5.80. The van der Waals surface area contributed by atoms with Crippen molar-refractivity contribution in [3.63, 3.8) is 0 Å². The van der Waals surface area contributed by atoms with Gasteiger partial charge >= 0.3 is 0 Å². The highest BCUT2D eigenvalue weighted by molar-refractivity contribution is 7.09. The van der Waals surface area contributed by atoms with Crippen molar-refractivity contribution in [1.82, 2.24) is 9.36 Å². The van der Waals surface area contributed by atoms with Crippen LogP contribution in [0.1, 0.15) is 25.6 Å². The van der Waals surface area contributed by atoms with Gasteiger partial charge in [-0.1, -0.05) is 13.3 Å². The number of aromatic nitrogens is 2. The van der Waals surface area contributed by atoms with Crippen molar-refractivity contribution in [2.45, 2.75) is 26.7 Å². The van der Waals surface area contributed by atoms with Crippen molar-refractivity contribution in [3.8, 4) is 0 Å². The van der Waals surface area contributed by atoms with Gasteiger partial charge in [0, 0.05) is 18.1 Å². The van der Waals surface area contributed by atoms with Crippen LogP contribution in [0.3, 0.4) is 0 Å². The van der Waals surface area contributed by atoms with Crippen LogP contribution in [0.25, 0.3) is 0 Å². The normalized spacial score (nSPS) is 12.8. The molecule has 0 aliphatic carbocycles. The highest BCUT2D eigenvalue weighted by Crippen LogP contribution is 2.13. The number of rotatable bonds is 6. The minimum atomic E-state index is 0.643. The Kier molecular flexibility index (Phi) is 4.82. The Hall–Kier alpha value is -0.680. The summed E-state index contributed by atoms with van der Waals surface area (Å²) in [5, 5.41) is 4.21. The molecule has 1 aromatic heterocycles. The fourth-order valence-electron chi connectivity index (χ4n) is 1.29. The zero-order valence-electron chi connectivity index (χ0n) is 8.79. The molecule has 0 saturated heterocycles. The van der Waals surface area contributed by atoms with E-state index in [0.29, 0.717) is 5.92 Å². The summed E-state index contributed by atoms with van der Waals surface area (Å²) in [4.78, 5) is 4.24. The lowest BCUT2D eigenvalue weighted by Crippen LogP contribution is -2.17. The molecule has 1 aromatic rings. The second-order valence-corrected chi connectivity index (χ2v) is 4.13. The Morgan fingerprint density at radius 2 is 2.36 bits per heavy atom. The molecule has 3 N–H and O–H groups in total. The van der Waals surface area contributed by atoms with Gasteiger partial charge in [-0.15, -0.1) is 0 Å². The van der Waals surface area contributed by atoms with Crippen LogP contribution in [0, 0.1) is 12.8 Å². The largest absolute Gasteiger partial charge is 0.360 e. The molecule has 0 saturated carbocycles. The summed E-state index contributed by atoms with van der Waals surface area (Å²) in [6.07, 6.45) is 2.23. The minimum Gasteiger partial charge on any atom is -0.360 e. The Balaban J connectivity index is 2.31. The van der Waals surface area contributed by atoms with E-state index >= 15 is 0 Å². The van der Waals surface area contributed by atoms with Crippen LogP contribution in [0.4, 0.5) is 5.13 Å². The zero-order valence-corrected chi connectivity index (χ0v) is 9.60. The fourth-order valence-corrected chi connectivity index (χ4v) is 1.87. The maximum absolute atomic E-state index is 5.52. The van der Waals surface area contributed by atoms with Gasteiger partial charge in [0.2, 0.25) is 5.13 Å². The van der Waals surface area contributed by atoms with Crippen LogP contribution < -0.4 is 11.1 Å². The van der Waals surface area contributed by atoms with E-state index in [2.05, 4.69) is 21.6 Å². The topological polar surface area (TPSA) is 63.8 Å². The van der Waals surface area contributed by atoms with Crippen LogP contribution in [-0.2, 0) is 0 Å². The van der Waals surface area contributed by atoms with Gasteiger partial charge in [-0.05, 0) is 25.8 Å². The molecule has 0 spiro atoms. The van der Waals surface area contributed by atoms with E-state index in [1.165, 1.54) is 11.5 Å². The van der Waals surface area contributed by atoms with E-state index < -0.39 is 0 Å². The predicted molar refractivity (Wildman–Crippen MR) is 60.6 cm³/mol. The fraction of sp³-hybridized carbons (Fsp3) is 0.778. The van der Waals surface area contributed by atoms with Crippen LogP contribution >= 0.6 is 11.5 Å². The molecule has 0 amide bonds. The molecule has 5 heteroatoms. The van der Waals surface area contributed by atoms with Crippen molar-refractivity contribution in [2.75, 3.05) is 18.4 Å². The van der Waals surface area contributed by atoms with Gasteiger partial charge in [0.1, 0.15) is 5.82 Å². The molecule has 1 unspecified atom stereocenters. The van der Waals surface area contributed by atoms with E-state index in [-0.39, 0.29) is 0 Å². The molecule has 0 aliphatic heterocycles. The molecule has 0 fully saturated rings. The van der Waals surface area contributed by atoms with Crippen molar-refractivity contribution in [3.05, 3.63) is 5.82 Å². The standard InChI is InChI=1S/C9H18N4S/c1-3-8(4-5-10)6-11-9-12-7(2)13-14-9/h8H,3-6,10H2,1-2H3,(H,11,12,13). The summed E-state index contributed by atoms with van der Waals surface area (Å²) in [5.41, 5.74) is 5.52. The van der Waals surface area contributed by atoms with E-state index in [1.807, 2.05) is 6.92 Å². The van der Waals surface area contributed by atoms with Gasteiger partial charge in [-0.3, -0.25) is 0 Å². The van der Waals surface area contributed by atoms with E-state index in [1.54, 1.807) is 0 Å². The molecule has 0 radical (unpaired) electrons. The predicted octanol–water partition coefficient (Wildman–Crippen LogP) is 1.63. The lowest BCUT2D eigenvalue weighted by molar-refractivity contribution is 0.501. The monoisotopic (exact) mass is 214 g/mol. The maximum Gasteiger partial charge on any atom is 0.202 e. The number of anilines is 1. The Bertz CT molecular complexity index is 261. The average molecular weight is 214 g/mol. The molecule has 0 aliphatic rings. The van der Waals surface area contributed by atoms with Gasteiger partial charge < -0.3 is 11.1 Å². The van der Waals surface area contributed by atoms with Crippen LogP contribution in [0.2, 0.25) is 0 Å². The lowest BCUT2D eigenvalue weighted by Gasteiger charge is -2.13. The third kappa shape index (κ3) is 3.59. The number of hydrogen-bond donors (Lipinski definition) is 2. The molecule has 80 valence electrons. The lowest BCUT2D eigenvalue weighted by atomic mass is 10.0. The average Bonchev–Trinajstić information content (AvgIpc) is 2.59. The molecular weight excluding hydrogens is 196 g/mol. The van der Waals surface area contributed by atoms with Gasteiger partial charge in [0.05, 0.1) is 0 Å². The minimum absolute atomic E-state index is 0.643. The Labute approximate surface area is 89.1 Å². The first-order valence-electron chi connectivity index (χ1n) is 5.00. The molecule has 1 heterocycles. The number of nitrogens with zero attached hydrogens (tertiary/aromatic N) is 2. The molecule has 14 heavy (non-hydrogen) atoms. The molecule has 1 rings (SSSR count). The first kappa shape index (κ1) is 11.4. The Morgan fingerprint density at radius 3 is 2.86 bits per heavy atom. The van der Waals surface area contributed by atoms with Crippen molar-refractivity contribution in [1.29, 1.82) is 0 Å². The van der Waals surface area contributed by atoms with Gasteiger partial charge in [-0.2, -0.15) is 4.37 Å². The molecule has 0 aromatic carbocycles. The second kappa shape index (κ2) is 5.93. The van der Waals surface area contributed by atoms with Gasteiger partial charge in [0.15, 0.2) is 0 Å². The van der Waals surface area contributed by atoms with Crippen molar-refractivity contribution >= 4 is 16.7 Å². The maximum atomic E-state index is 5.52. The molecular formula is C9H18N4S. The number of nitrogens with one attached hydrogen (secondary N) is 1. The smallest absolute Gasteiger partial charge is 0.202 e. The molecule has 1 atom stereocenters. The third-order valence-corrected chi connectivity index (χ3v) is 2.99. The highest BCUT2D eigenvalue weighted by Gasteiger charge is 2.06. The number of hydrogen-bond acceptors (Lipinski definition) is 5. The zero-order chi connectivity index (χ0) is 10.4. The van der Waals surface area contributed by atoms with Crippen LogP contribution in [0.15, 0.2) is 0 Å². The second-order valence-electron chi connectivity index (χ2n) is 3.38. The van der Waals surface area contributed by atoms with E-state index in [0.717, 1.165) is 36.9 Å². The summed E-state index contributed by atoms with van der Waals surface area (Å²) in [5.74, 6) is 1.48. The van der Waals surface area contributed by atoms with Crippen molar-refractivity contribution < 1.29 is 0 Å². The Morgan fingerprint density at radius 1 is 1.57 bits per heavy atom. The van der Waals surface area contributed by atoms with E-state index in [9.17, 15) is 0 Å². The highest BCUT2D eigenvalue weighted by atomic mass is 32.1.